The normalized spacial score (nSPS) is 10.7. The standard InChI is InChI=1S/C15H15N5/c1-10-7-11(2)9-12(8-10)20-15(16)14(18-19-20)13-5-3-4-6-17-13/h3-9H,16H2,1-2H3. The molecular weight excluding hydrogens is 250 g/mol. The van der Waals surface area contributed by atoms with E-state index in [9.17, 15) is 0 Å². The van der Waals surface area contributed by atoms with Crippen molar-refractivity contribution in [2.75, 3.05) is 5.73 Å². The predicted molar refractivity (Wildman–Crippen MR) is 78.5 cm³/mol. The highest BCUT2D eigenvalue weighted by Crippen LogP contribution is 2.24. The van der Waals surface area contributed by atoms with E-state index in [4.69, 9.17) is 5.73 Å². The molecule has 0 aliphatic heterocycles. The minimum Gasteiger partial charge on any atom is -0.382 e. The Labute approximate surface area is 117 Å². The van der Waals surface area contributed by atoms with Crippen molar-refractivity contribution in [1.82, 2.24) is 20.0 Å². The van der Waals surface area contributed by atoms with Gasteiger partial charge in [-0.25, -0.2) is 0 Å². The molecule has 1 aromatic carbocycles. The van der Waals surface area contributed by atoms with Crippen LogP contribution in [0.15, 0.2) is 42.6 Å². The lowest BCUT2D eigenvalue weighted by atomic mass is 10.1. The molecule has 0 unspecified atom stereocenters. The Balaban J connectivity index is 2.11. The van der Waals surface area contributed by atoms with Crippen LogP contribution in [0.25, 0.3) is 17.1 Å². The summed E-state index contributed by atoms with van der Waals surface area (Å²) in [6.45, 7) is 4.09. The maximum Gasteiger partial charge on any atom is 0.157 e. The van der Waals surface area contributed by atoms with Crippen molar-refractivity contribution in [2.24, 2.45) is 0 Å². The van der Waals surface area contributed by atoms with Gasteiger partial charge in [0.25, 0.3) is 0 Å². The third-order valence-corrected chi connectivity index (χ3v) is 3.06. The zero-order valence-electron chi connectivity index (χ0n) is 11.4. The maximum absolute atomic E-state index is 6.17. The van der Waals surface area contributed by atoms with Crippen LogP contribution < -0.4 is 5.73 Å². The summed E-state index contributed by atoms with van der Waals surface area (Å²) in [5.74, 6) is 0.494. The van der Waals surface area contributed by atoms with Crippen molar-refractivity contribution >= 4 is 5.82 Å². The zero-order chi connectivity index (χ0) is 14.1. The van der Waals surface area contributed by atoms with Gasteiger partial charge in [-0.3, -0.25) is 4.98 Å². The fourth-order valence-corrected chi connectivity index (χ4v) is 2.24. The Morgan fingerprint density at radius 2 is 1.80 bits per heavy atom. The van der Waals surface area contributed by atoms with E-state index in [1.54, 1.807) is 10.9 Å². The Morgan fingerprint density at radius 3 is 2.45 bits per heavy atom. The Hall–Kier alpha value is -2.69. The minimum atomic E-state index is 0.494. The van der Waals surface area contributed by atoms with Gasteiger partial charge in [0.05, 0.1) is 11.4 Å². The third-order valence-electron chi connectivity index (χ3n) is 3.06. The molecule has 0 saturated heterocycles. The third kappa shape index (κ3) is 2.14. The van der Waals surface area contributed by atoms with E-state index in [2.05, 4.69) is 21.4 Å². The lowest BCUT2D eigenvalue weighted by Crippen LogP contribution is -2.03. The van der Waals surface area contributed by atoms with Gasteiger partial charge in [0, 0.05) is 6.20 Å². The van der Waals surface area contributed by atoms with E-state index in [-0.39, 0.29) is 0 Å². The van der Waals surface area contributed by atoms with Gasteiger partial charge in [0.1, 0.15) is 0 Å². The molecule has 3 rings (SSSR count). The van der Waals surface area contributed by atoms with Gasteiger partial charge in [-0.15, -0.1) is 5.10 Å². The topological polar surface area (TPSA) is 69.6 Å². The molecule has 5 heteroatoms. The molecule has 0 spiro atoms. The number of aromatic nitrogens is 4. The molecular formula is C15H15N5. The average Bonchev–Trinajstić information content (AvgIpc) is 2.80. The Morgan fingerprint density at radius 1 is 1.05 bits per heavy atom. The van der Waals surface area contributed by atoms with Gasteiger partial charge < -0.3 is 5.73 Å². The summed E-state index contributed by atoms with van der Waals surface area (Å²) in [7, 11) is 0. The van der Waals surface area contributed by atoms with Crippen LogP contribution in [-0.4, -0.2) is 20.0 Å². The summed E-state index contributed by atoms with van der Waals surface area (Å²) < 4.78 is 1.64. The van der Waals surface area contributed by atoms with Gasteiger partial charge in [-0.05, 0) is 49.2 Å². The summed E-state index contributed by atoms with van der Waals surface area (Å²) in [6.07, 6.45) is 1.71. The average molecular weight is 265 g/mol. The first-order chi connectivity index (χ1) is 9.65. The maximum atomic E-state index is 6.17. The fourth-order valence-electron chi connectivity index (χ4n) is 2.24. The van der Waals surface area contributed by atoms with Crippen LogP contribution in [0.4, 0.5) is 5.82 Å². The first kappa shape index (κ1) is 12.3. The summed E-state index contributed by atoms with van der Waals surface area (Å²) >= 11 is 0. The van der Waals surface area contributed by atoms with E-state index < -0.39 is 0 Å². The molecule has 0 bridgehead atoms. The molecule has 0 saturated carbocycles. The highest BCUT2D eigenvalue weighted by atomic mass is 15.5. The minimum absolute atomic E-state index is 0.494. The van der Waals surface area contributed by atoms with E-state index in [1.807, 2.05) is 44.2 Å². The molecule has 0 aliphatic carbocycles. The summed E-state index contributed by atoms with van der Waals surface area (Å²) in [4.78, 5) is 4.26. The monoisotopic (exact) mass is 265 g/mol. The predicted octanol–water partition coefficient (Wildman–Crippen LogP) is 2.53. The van der Waals surface area contributed by atoms with Gasteiger partial charge >= 0.3 is 0 Å². The van der Waals surface area contributed by atoms with Crippen molar-refractivity contribution in [3.05, 3.63) is 53.7 Å². The number of nitrogens with zero attached hydrogens (tertiary/aromatic N) is 4. The number of hydrogen-bond donors (Lipinski definition) is 1. The quantitative estimate of drug-likeness (QED) is 0.773. The number of nitrogen functional groups attached to an aromatic ring is 1. The van der Waals surface area contributed by atoms with Crippen LogP contribution in [0.2, 0.25) is 0 Å². The van der Waals surface area contributed by atoms with Crippen molar-refractivity contribution in [1.29, 1.82) is 0 Å². The van der Waals surface area contributed by atoms with Crippen LogP contribution in [0.5, 0.6) is 0 Å². The lowest BCUT2D eigenvalue weighted by molar-refractivity contribution is 0.808. The Bertz CT molecular complexity index is 726. The molecule has 20 heavy (non-hydrogen) atoms. The van der Waals surface area contributed by atoms with Crippen molar-refractivity contribution in [3.63, 3.8) is 0 Å². The number of aryl methyl sites for hydroxylation is 2. The van der Waals surface area contributed by atoms with Gasteiger partial charge in [-0.1, -0.05) is 17.3 Å². The zero-order valence-corrected chi connectivity index (χ0v) is 11.4. The SMILES string of the molecule is Cc1cc(C)cc(-n2nnc(-c3ccccn3)c2N)c1. The fraction of sp³-hybridized carbons (Fsp3) is 0.133. The molecule has 3 aromatic rings. The first-order valence-corrected chi connectivity index (χ1v) is 6.36. The molecule has 2 N–H and O–H groups in total. The van der Waals surface area contributed by atoms with Crippen molar-refractivity contribution in [2.45, 2.75) is 13.8 Å². The molecule has 0 aliphatic rings. The second-order valence-electron chi connectivity index (χ2n) is 4.80. The van der Waals surface area contributed by atoms with Crippen molar-refractivity contribution < 1.29 is 0 Å². The molecule has 5 nitrogen and oxygen atoms in total. The Kier molecular flexibility index (Phi) is 2.95. The van der Waals surface area contributed by atoms with E-state index in [0.29, 0.717) is 11.5 Å². The van der Waals surface area contributed by atoms with Crippen LogP contribution >= 0.6 is 0 Å². The molecule has 0 amide bonds. The lowest BCUT2D eigenvalue weighted by Gasteiger charge is -2.06. The van der Waals surface area contributed by atoms with Crippen LogP contribution in [0, 0.1) is 13.8 Å². The number of nitrogens with two attached hydrogens (primary N) is 1. The summed E-state index contributed by atoms with van der Waals surface area (Å²) in [6, 6.07) is 11.8. The van der Waals surface area contributed by atoms with E-state index in [0.717, 1.165) is 22.5 Å². The number of anilines is 1. The molecule has 0 atom stereocenters. The molecule has 0 fully saturated rings. The van der Waals surface area contributed by atoms with Crippen LogP contribution in [0.1, 0.15) is 11.1 Å². The number of pyridine rings is 1. The molecule has 2 aromatic heterocycles. The smallest absolute Gasteiger partial charge is 0.157 e. The highest BCUT2D eigenvalue weighted by Gasteiger charge is 2.14. The largest absolute Gasteiger partial charge is 0.382 e. The highest BCUT2D eigenvalue weighted by molar-refractivity contribution is 5.67. The molecule has 100 valence electrons. The van der Waals surface area contributed by atoms with E-state index >= 15 is 0 Å². The number of hydrogen-bond acceptors (Lipinski definition) is 4. The number of rotatable bonds is 2. The van der Waals surface area contributed by atoms with Gasteiger partial charge in [0.2, 0.25) is 0 Å². The van der Waals surface area contributed by atoms with Crippen LogP contribution in [0.3, 0.4) is 0 Å². The second-order valence-corrected chi connectivity index (χ2v) is 4.80. The number of benzene rings is 1. The van der Waals surface area contributed by atoms with Gasteiger partial charge in [-0.2, -0.15) is 4.68 Å². The molecule has 0 radical (unpaired) electrons. The summed E-state index contributed by atoms with van der Waals surface area (Å²) in [5.41, 5.74) is 10.7. The van der Waals surface area contributed by atoms with Crippen LogP contribution in [-0.2, 0) is 0 Å². The second kappa shape index (κ2) is 4.77. The summed E-state index contributed by atoms with van der Waals surface area (Å²) in [5, 5.41) is 8.29. The van der Waals surface area contributed by atoms with Crippen molar-refractivity contribution in [3.8, 4) is 17.1 Å². The van der Waals surface area contributed by atoms with E-state index in [1.165, 1.54) is 0 Å². The first-order valence-electron chi connectivity index (χ1n) is 6.36. The molecule has 2 heterocycles. The van der Waals surface area contributed by atoms with Gasteiger partial charge in [0.15, 0.2) is 11.5 Å².